The summed E-state index contributed by atoms with van der Waals surface area (Å²) >= 11 is 0. The topological polar surface area (TPSA) is 59.3 Å². The fraction of sp³-hybridized carbons (Fsp3) is 0.182. The van der Waals surface area contributed by atoms with Gasteiger partial charge in [0.05, 0.1) is 10.3 Å². The van der Waals surface area contributed by atoms with Crippen LogP contribution < -0.4 is 4.90 Å². The Hall–Kier alpha value is -2.17. The molecular formula is C11H11N3O2. The van der Waals surface area contributed by atoms with Crippen LogP contribution in [0.5, 0.6) is 0 Å². The Bertz CT molecular complexity index is 552. The second kappa shape index (κ2) is 3.77. The Morgan fingerprint density at radius 2 is 2.00 bits per heavy atom. The van der Waals surface area contributed by atoms with Gasteiger partial charge in [0.1, 0.15) is 0 Å². The van der Waals surface area contributed by atoms with Crippen molar-refractivity contribution in [2.45, 2.75) is 0 Å². The van der Waals surface area contributed by atoms with Crippen LogP contribution in [0.3, 0.4) is 0 Å². The summed E-state index contributed by atoms with van der Waals surface area (Å²) in [6, 6.07) is 5.05. The van der Waals surface area contributed by atoms with E-state index in [0.717, 1.165) is 11.1 Å². The van der Waals surface area contributed by atoms with Crippen LogP contribution in [-0.4, -0.2) is 24.0 Å². The molecule has 5 nitrogen and oxygen atoms in total. The van der Waals surface area contributed by atoms with Crippen molar-refractivity contribution < 1.29 is 4.92 Å². The van der Waals surface area contributed by atoms with E-state index in [4.69, 9.17) is 0 Å². The molecule has 0 aliphatic carbocycles. The lowest BCUT2D eigenvalue weighted by Crippen LogP contribution is -2.09. The molecule has 0 atom stereocenters. The lowest BCUT2D eigenvalue weighted by Gasteiger charge is -2.14. The highest BCUT2D eigenvalue weighted by Gasteiger charge is 2.14. The molecule has 0 unspecified atom stereocenters. The summed E-state index contributed by atoms with van der Waals surface area (Å²) in [5, 5.41) is 12.3. The van der Waals surface area contributed by atoms with Crippen LogP contribution in [-0.2, 0) is 0 Å². The number of aromatic nitrogens is 1. The molecule has 0 amide bonds. The molecule has 5 heteroatoms. The smallest absolute Gasteiger partial charge is 0.278 e. The summed E-state index contributed by atoms with van der Waals surface area (Å²) in [5.74, 6) is 0. The standard InChI is InChI=1S/C11H11N3O2/c1-13(2)10-3-4-11(14(15)16)9-7-12-6-5-8(9)10/h3-7H,1-2H3. The van der Waals surface area contributed by atoms with Crippen LogP contribution in [0.4, 0.5) is 11.4 Å². The second-order valence-corrected chi connectivity index (χ2v) is 3.68. The first-order chi connectivity index (χ1) is 7.61. The van der Waals surface area contributed by atoms with Crippen molar-refractivity contribution in [1.82, 2.24) is 4.98 Å². The van der Waals surface area contributed by atoms with Gasteiger partial charge in [0.2, 0.25) is 0 Å². The van der Waals surface area contributed by atoms with E-state index < -0.39 is 0 Å². The van der Waals surface area contributed by atoms with E-state index in [9.17, 15) is 10.1 Å². The number of nitro benzene ring substituents is 1. The minimum Gasteiger partial charge on any atom is -0.377 e. The average Bonchev–Trinajstić information content (AvgIpc) is 2.27. The number of nitro groups is 1. The number of pyridine rings is 1. The monoisotopic (exact) mass is 217 g/mol. The van der Waals surface area contributed by atoms with Gasteiger partial charge in [-0.25, -0.2) is 0 Å². The largest absolute Gasteiger partial charge is 0.377 e. The Morgan fingerprint density at radius 3 is 2.62 bits per heavy atom. The van der Waals surface area contributed by atoms with Gasteiger partial charge in [-0.15, -0.1) is 0 Å². The highest BCUT2D eigenvalue weighted by Crippen LogP contribution is 2.31. The van der Waals surface area contributed by atoms with E-state index in [2.05, 4.69) is 4.98 Å². The molecule has 0 spiro atoms. The number of fused-ring (bicyclic) bond motifs is 1. The molecule has 0 aliphatic heterocycles. The number of hydrogen-bond acceptors (Lipinski definition) is 4. The molecule has 0 fully saturated rings. The number of anilines is 1. The first kappa shape index (κ1) is 10.4. The van der Waals surface area contributed by atoms with Gasteiger partial charge < -0.3 is 4.90 Å². The van der Waals surface area contributed by atoms with Crippen molar-refractivity contribution in [2.24, 2.45) is 0 Å². The average molecular weight is 217 g/mol. The quantitative estimate of drug-likeness (QED) is 0.571. The molecule has 82 valence electrons. The van der Waals surface area contributed by atoms with Crippen LogP contribution in [0.25, 0.3) is 10.8 Å². The first-order valence-corrected chi connectivity index (χ1v) is 4.79. The zero-order valence-corrected chi connectivity index (χ0v) is 9.04. The molecule has 1 aromatic carbocycles. The Kier molecular flexibility index (Phi) is 2.44. The molecule has 1 aromatic heterocycles. The molecule has 0 saturated heterocycles. The zero-order valence-electron chi connectivity index (χ0n) is 9.04. The van der Waals surface area contributed by atoms with Gasteiger partial charge >= 0.3 is 0 Å². The van der Waals surface area contributed by atoms with Crippen molar-refractivity contribution in [3.63, 3.8) is 0 Å². The highest BCUT2D eigenvalue weighted by molar-refractivity contribution is 5.99. The van der Waals surface area contributed by atoms with Gasteiger partial charge in [0.15, 0.2) is 0 Å². The highest BCUT2D eigenvalue weighted by atomic mass is 16.6. The summed E-state index contributed by atoms with van der Waals surface area (Å²) in [4.78, 5) is 16.3. The predicted octanol–water partition coefficient (Wildman–Crippen LogP) is 2.21. The van der Waals surface area contributed by atoms with E-state index in [-0.39, 0.29) is 10.6 Å². The SMILES string of the molecule is CN(C)c1ccc([N+](=O)[O-])c2cnccc12. The summed E-state index contributed by atoms with van der Waals surface area (Å²) in [6.45, 7) is 0. The van der Waals surface area contributed by atoms with Gasteiger partial charge in [-0.05, 0) is 12.1 Å². The third-order valence-electron chi connectivity index (χ3n) is 2.45. The molecule has 16 heavy (non-hydrogen) atoms. The summed E-state index contributed by atoms with van der Waals surface area (Å²) in [6.07, 6.45) is 3.17. The normalized spacial score (nSPS) is 10.4. The van der Waals surface area contributed by atoms with E-state index in [1.165, 1.54) is 12.3 Å². The third kappa shape index (κ3) is 1.56. The summed E-state index contributed by atoms with van der Waals surface area (Å²) in [5.41, 5.74) is 1.04. The minimum absolute atomic E-state index is 0.0914. The summed E-state index contributed by atoms with van der Waals surface area (Å²) < 4.78 is 0. The van der Waals surface area contributed by atoms with Crippen molar-refractivity contribution >= 4 is 22.1 Å². The number of benzene rings is 1. The van der Waals surface area contributed by atoms with Gasteiger partial charge in [-0.2, -0.15) is 0 Å². The lowest BCUT2D eigenvalue weighted by molar-refractivity contribution is -0.383. The molecule has 0 N–H and O–H groups in total. The Morgan fingerprint density at radius 1 is 1.25 bits per heavy atom. The molecule has 0 radical (unpaired) electrons. The van der Waals surface area contributed by atoms with Crippen LogP contribution in [0.1, 0.15) is 0 Å². The molecule has 0 aliphatic rings. The maximum atomic E-state index is 10.9. The van der Waals surface area contributed by atoms with E-state index in [1.54, 1.807) is 18.3 Å². The van der Waals surface area contributed by atoms with E-state index in [1.807, 2.05) is 19.0 Å². The molecular weight excluding hydrogens is 206 g/mol. The third-order valence-corrected chi connectivity index (χ3v) is 2.45. The molecule has 0 bridgehead atoms. The van der Waals surface area contributed by atoms with Crippen molar-refractivity contribution in [2.75, 3.05) is 19.0 Å². The van der Waals surface area contributed by atoms with E-state index in [0.29, 0.717) is 5.39 Å². The number of non-ortho nitro benzene ring substituents is 1. The number of hydrogen-bond donors (Lipinski definition) is 0. The molecule has 1 heterocycles. The number of nitrogens with zero attached hydrogens (tertiary/aromatic N) is 3. The van der Waals surface area contributed by atoms with Crippen molar-refractivity contribution in [3.05, 3.63) is 40.7 Å². The fourth-order valence-electron chi connectivity index (χ4n) is 1.71. The number of rotatable bonds is 2. The van der Waals surface area contributed by atoms with Gasteiger partial charge in [0, 0.05) is 43.6 Å². The molecule has 0 saturated carbocycles. The Balaban J connectivity index is 2.82. The lowest BCUT2D eigenvalue weighted by atomic mass is 10.1. The van der Waals surface area contributed by atoms with Gasteiger partial charge in [-0.3, -0.25) is 15.1 Å². The van der Waals surface area contributed by atoms with Gasteiger partial charge in [-0.1, -0.05) is 0 Å². The van der Waals surface area contributed by atoms with Crippen LogP contribution in [0, 0.1) is 10.1 Å². The van der Waals surface area contributed by atoms with Crippen molar-refractivity contribution in [3.8, 4) is 0 Å². The second-order valence-electron chi connectivity index (χ2n) is 3.68. The van der Waals surface area contributed by atoms with Crippen molar-refractivity contribution in [1.29, 1.82) is 0 Å². The zero-order chi connectivity index (χ0) is 11.7. The van der Waals surface area contributed by atoms with Crippen LogP contribution in [0.2, 0.25) is 0 Å². The fourth-order valence-corrected chi connectivity index (χ4v) is 1.71. The molecule has 2 rings (SSSR count). The Labute approximate surface area is 92.5 Å². The molecule has 2 aromatic rings. The minimum atomic E-state index is -0.385. The van der Waals surface area contributed by atoms with Gasteiger partial charge in [0.25, 0.3) is 5.69 Å². The maximum Gasteiger partial charge on any atom is 0.278 e. The first-order valence-electron chi connectivity index (χ1n) is 4.79. The van der Waals surface area contributed by atoms with E-state index >= 15 is 0 Å². The van der Waals surface area contributed by atoms with Crippen LogP contribution >= 0.6 is 0 Å². The van der Waals surface area contributed by atoms with Crippen LogP contribution in [0.15, 0.2) is 30.6 Å². The maximum absolute atomic E-state index is 10.9. The predicted molar refractivity (Wildman–Crippen MR) is 62.7 cm³/mol. The summed E-state index contributed by atoms with van der Waals surface area (Å²) in [7, 11) is 3.81.